The zero-order valence-corrected chi connectivity index (χ0v) is 20.4. The number of aromatic hydroxyl groups is 1. The van der Waals surface area contributed by atoms with Crippen molar-refractivity contribution in [3.8, 4) is 28.0 Å². The molecule has 2 aliphatic heterocycles. The Labute approximate surface area is 208 Å². The number of pyridine rings is 1. The molecule has 1 atom stereocenters. The Bertz CT molecular complexity index is 1290. The molecule has 2 fully saturated rings. The van der Waals surface area contributed by atoms with Gasteiger partial charge in [0.15, 0.2) is 0 Å². The number of carbonyl (C=O) groups excluding carboxylic acids is 1. The SMILES string of the molecule is CN[C@H]1CCN(c2cncc(-c3cc(F)cc(-c4ccc(N5CCN(C)C5=O)c(Cl)c4)c3O)c2)C1. The van der Waals surface area contributed by atoms with Crippen molar-refractivity contribution >= 4 is 29.0 Å². The number of carbonyl (C=O) groups is 1. The van der Waals surface area contributed by atoms with Gasteiger partial charge < -0.3 is 20.2 Å². The molecule has 0 aliphatic carbocycles. The second-order valence-electron chi connectivity index (χ2n) is 9.02. The third kappa shape index (κ3) is 4.39. The van der Waals surface area contributed by atoms with Crippen LogP contribution in [0.3, 0.4) is 0 Å². The summed E-state index contributed by atoms with van der Waals surface area (Å²) in [5.41, 5.74) is 3.37. The smallest absolute Gasteiger partial charge is 0.324 e. The summed E-state index contributed by atoms with van der Waals surface area (Å²) in [6, 6.07) is 9.93. The van der Waals surface area contributed by atoms with Gasteiger partial charge in [-0.1, -0.05) is 17.7 Å². The molecule has 1 aromatic heterocycles. The van der Waals surface area contributed by atoms with Crippen LogP contribution in [0.15, 0.2) is 48.8 Å². The Kier molecular flexibility index (Phi) is 6.25. The largest absolute Gasteiger partial charge is 0.507 e. The van der Waals surface area contributed by atoms with Gasteiger partial charge in [0.25, 0.3) is 0 Å². The van der Waals surface area contributed by atoms with Gasteiger partial charge in [0.1, 0.15) is 11.6 Å². The third-order valence-electron chi connectivity index (χ3n) is 6.84. The molecule has 5 rings (SSSR count). The van der Waals surface area contributed by atoms with Crippen molar-refractivity contribution in [1.29, 1.82) is 0 Å². The Morgan fingerprint density at radius 1 is 1.09 bits per heavy atom. The van der Waals surface area contributed by atoms with E-state index < -0.39 is 5.82 Å². The first-order valence-electron chi connectivity index (χ1n) is 11.6. The highest BCUT2D eigenvalue weighted by Gasteiger charge is 2.28. The lowest BCUT2D eigenvalue weighted by Gasteiger charge is -2.20. The molecule has 2 N–H and O–H groups in total. The Balaban J connectivity index is 1.49. The van der Waals surface area contributed by atoms with Crippen molar-refractivity contribution in [3.63, 3.8) is 0 Å². The van der Waals surface area contributed by atoms with E-state index in [0.717, 1.165) is 25.2 Å². The molecule has 2 saturated heterocycles. The first-order valence-corrected chi connectivity index (χ1v) is 12.0. The van der Waals surface area contributed by atoms with Crippen LogP contribution in [0, 0.1) is 5.82 Å². The lowest BCUT2D eigenvalue weighted by atomic mass is 9.97. The first kappa shape index (κ1) is 23.4. The fraction of sp³-hybridized carbons (Fsp3) is 0.308. The highest BCUT2D eigenvalue weighted by Crippen LogP contribution is 2.42. The predicted molar refractivity (Wildman–Crippen MR) is 137 cm³/mol. The Morgan fingerprint density at radius 3 is 2.51 bits per heavy atom. The molecular formula is C26H27ClFN5O2. The fourth-order valence-electron chi connectivity index (χ4n) is 4.78. The first-order chi connectivity index (χ1) is 16.9. The van der Waals surface area contributed by atoms with Crippen molar-refractivity contribution in [3.05, 3.63) is 59.6 Å². The van der Waals surface area contributed by atoms with Crippen molar-refractivity contribution in [2.75, 3.05) is 50.1 Å². The fourth-order valence-corrected chi connectivity index (χ4v) is 5.06. The van der Waals surface area contributed by atoms with Crippen LogP contribution in [0.5, 0.6) is 5.75 Å². The van der Waals surface area contributed by atoms with E-state index in [-0.39, 0.29) is 11.8 Å². The molecule has 0 unspecified atom stereocenters. The number of urea groups is 1. The van der Waals surface area contributed by atoms with Gasteiger partial charge in [0.2, 0.25) is 0 Å². The number of halogens is 2. The van der Waals surface area contributed by atoms with E-state index in [0.29, 0.717) is 52.1 Å². The van der Waals surface area contributed by atoms with Crippen molar-refractivity contribution in [2.45, 2.75) is 12.5 Å². The number of amides is 2. The van der Waals surface area contributed by atoms with Crippen LogP contribution in [-0.4, -0.2) is 67.3 Å². The minimum absolute atomic E-state index is 0.0549. The van der Waals surface area contributed by atoms with Gasteiger partial charge in [-0.2, -0.15) is 0 Å². The molecule has 0 spiro atoms. The molecule has 3 heterocycles. The Morgan fingerprint density at radius 2 is 1.86 bits per heavy atom. The normalized spacial score (nSPS) is 18.1. The molecule has 9 heteroatoms. The van der Waals surface area contributed by atoms with Crippen LogP contribution in [0.25, 0.3) is 22.3 Å². The zero-order valence-electron chi connectivity index (χ0n) is 19.6. The van der Waals surface area contributed by atoms with Crippen molar-refractivity contribution < 1.29 is 14.3 Å². The summed E-state index contributed by atoms with van der Waals surface area (Å²) >= 11 is 6.53. The summed E-state index contributed by atoms with van der Waals surface area (Å²) in [5, 5.41) is 14.8. The summed E-state index contributed by atoms with van der Waals surface area (Å²) in [4.78, 5) is 22.2. The maximum absolute atomic E-state index is 14.8. The van der Waals surface area contributed by atoms with Crippen LogP contribution in [0.1, 0.15) is 6.42 Å². The number of aromatic nitrogens is 1. The summed E-state index contributed by atoms with van der Waals surface area (Å²) in [7, 11) is 3.69. The summed E-state index contributed by atoms with van der Waals surface area (Å²) in [6.45, 7) is 2.92. The van der Waals surface area contributed by atoms with Gasteiger partial charge in [-0.3, -0.25) is 9.88 Å². The van der Waals surface area contributed by atoms with Crippen LogP contribution in [0.4, 0.5) is 20.6 Å². The van der Waals surface area contributed by atoms with E-state index >= 15 is 0 Å². The second kappa shape index (κ2) is 9.36. The summed E-state index contributed by atoms with van der Waals surface area (Å²) < 4.78 is 14.8. The molecule has 2 amide bonds. The van der Waals surface area contributed by atoms with Crippen molar-refractivity contribution in [2.24, 2.45) is 0 Å². The topological polar surface area (TPSA) is 71.9 Å². The molecule has 3 aromatic rings. The van der Waals surface area contributed by atoms with E-state index in [1.165, 1.54) is 12.1 Å². The minimum atomic E-state index is -0.480. The average Bonchev–Trinajstić information content (AvgIpc) is 3.47. The monoisotopic (exact) mass is 495 g/mol. The molecule has 35 heavy (non-hydrogen) atoms. The van der Waals surface area contributed by atoms with Crippen LogP contribution < -0.4 is 15.1 Å². The number of likely N-dealkylation sites (N-methyl/N-ethyl adjacent to an activating group) is 2. The lowest BCUT2D eigenvalue weighted by molar-refractivity contribution is 0.229. The third-order valence-corrected chi connectivity index (χ3v) is 7.14. The zero-order chi connectivity index (χ0) is 24.7. The number of benzene rings is 2. The maximum Gasteiger partial charge on any atom is 0.324 e. The van der Waals surface area contributed by atoms with E-state index in [1.54, 1.807) is 47.4 Å². The van der Waals surface area contributed by atoms with Crippen molar-refractivity contribution in [1.82, 2.24) is 15.2 Å². The van der Waals surface area contributed by atoms with E-state index in [1.807, 2.05) is 13.1 Å². The van der Waals surface area contributed by atoms with Gasteiger partial charge in [0, 0.05) is 62.2 Å². The number of phenolic OH excluding ortho intramolecular Hbond substituents is 1. The number of nitrogens with one attached hydrogen (secondary N) is 1. The van der Waals surface area contributed by atoms with Crippen LogP contribution in [0.2, 0.25) is 5.02 Å². The number of hydrogen-bond donors (Lipinski definition) is 2. The number of anilines is 2. The quantitative estimate of drug-likeness (QED) is 0.542. The van der Waals surface area contributed by atoms with Gasteiger partial charge in [-0.25, -0.2) is 9.18 Å². The van der Waals surface area contributed by atoms with E-state index in [4.69, 9.17) is 11.6 Å². The molecule has 0 saturated carbocycles. The summed E-state index contributed by atoms with van der Waals surface area (Å²) in [6.07, 6.45) is 4.44. The van der Waals surface area contributed by atoms with E-state index in [2.05, 4.69) is 15.2 Å². The van der Waals surface area contributed by atoms with Crippen LogP contribution >= 0.6 is 11.6 Å². The maximum atomic E-state index is 14.8. The summed E-state index contributed by atoms with van der Waals surface area (Å²) in [5.74, 6) is -0.535. The van der Waals surface area contributed by atoms with Crippen LogP contribution in [-0.2, 0) is 0 Å². The number of rotatable bonds is 5. The van der Waals surface area contributed by atoms with Gasteiger partial charge in [-0.05, 0) is 49.4 Å². The second-order valence-corrected chi connectivity index (χ2v) is 9.43. The van der Waals surface area contributed by atoms with Gasteiger partial charge in [0.05, 0.1) is 22.6 Å². The standard InChI is InChI=1S/C26H27ClFN5O2/c1-29-19-5-6-32(15-19)20-9-17(13-30-14-20)22-12-18(28)11-21(25(22)34)16-3-4-24(23(27)10-16)33-8-7-31(2)26(33)35/h3-4,9-14,19,29,34H,5-8,15H2,1-2H3/t19-/m0/s1. The van der Waals surface area contributed by atoms with Gasteiger partial charge >= 0.3 is 6.03 Å². The van der Waals surface area contributed by atoms with E-state index in [9.17, 15) is 14.3 Å². The molecule has 182 valence electrons. The Hall–Kier alpha value is -3.36. The highest BCUT2D eigenvalue weighted by molar-refractivity contribution is 6.34. The molecule has 0 bridgehead atoms. The highest BCUT2D eigenvalue weighted by atomic mass is 35.5. The molecular weight excluding hydrogens is 469 g/mol. The minimum Gasteiger partial charge on any atom is -0.507 e. The molecule has 0 radical (unpaired) electrons. The molecule has 2 aliphatic rings. The molecule has 7 nitrogen and oxygen atoms in total. The number of phenols is 1. The average molecular weight is 496 g/mol. The lowest BCUT2D eigenvalue weighted by Crippen LogP contribution is -2.29. The number of hydrogen-bond acceptors (Lipinski definition) is 5. The predicted octanol–water partition coefficient (Wildman–Crippen LogP) is 4.58. The van der Waals surface area contributed by atoms with Gasteiger partial charge in [-0.15, -0.1) is 0 Å². The molecule has 2 aromatic carbocycles. The number of nitrogens with zero attached hydrogens (tertiary/aromatic N) is 4.